The van der Waals surface area contributed by atoms with Crippen LogP contribution in [0.5, 0.6) is 0 Å². The molecule has 1 saturated heterocycles. The van der Waals surface area contributed by atoms with Gasteiger partial charge < -0.3 is 23.4 Å². The summed E-state index contributed by atoms with van der Waals surface area (Å²) in [6.45, 7) is 13.0. The quantitative estimate of drug-likeness (QED) is 0.729. The van der Waals surface area contributed by atoms with Gasteiger partial charge in [0.1, 0.15) is 18.3 Å². The van der Waals surface area contributed by atoms with Gasteiger partial charge in [-0.25, -0.2) is 0 Å². The Balaban J connectivity index is 2.96. The summed E-state index contributed by atoms with van der Waals surface area (Å²) in [5.74, 6) is 0. The molecule has 0 spiro atoms. The summed E-state index contributed by atoms with van der Waals surface area (Å²) < 4.78 is 29.2. The summed E-state index contributed by atoms with van der Waals surface area (Å²) >= 11 is 0. The molecule has 0 N–H and O–H groups in total. The molecule has 1 heterocycles. The van der Waals surface area contributed by atoms with E-state index in [9.17, 15) is 0 Å². The number of rotatable bonds is 5. The summed E-state index contributed by atoms with van der Waals surface area (Å²) in [5.41, 5.74) is 0. The summed E-state index contributed by atoms with van der Waals surface area (Å²) in [6.07, 6.45) is -1.22. The molecule has 0 saturated carbocycles. The van der Waals surface area contributed by atoms with Gasteiger partial charge in [-0.1, -0.05) is 20.8 Å². The molecule has 0 aromatic heterocycles. The Morgan fingerprint density at radius 3 is 1.71 bits per heavy atom. The molecule has 0 radical (unpaired) electrons. The molecule has 126 valence electrons. The maximum atomic E-state index is 6.40. The van der Waals surface area contributed by atoms with E-state index in [-0.39, 0.29) is 29.5 Å². The summed E-state index contributed by atoms with van der Waals surface area (Å²) in [5, 5.41) is 0.110. The Labute approximate surface area is 130 Å². The van der Waals surface area contributed by atoms with Gasteiger partial charge in [-0.3, -0.25) is 0 Å². The Bertz CT molecular complexity index is 329. The fourth-order valence-corrected chi connectivity index (χ4v) is 3.50. The van der Waals surface area contributed by atoms with Crippen molar-refractivity contribution in [2.24, 2.45) is 0 Å². The average Bonchev–Trinajstić information content (AvgIpc) is 2.36. The van der Waals surface area contributed by atoms with Gasteiger partial charge in [-0.2, -0.15) is 0 Å². The van der Waals surface area contributed by atoms with Crippen LogP contribution in [-0.4, -0.2) is 60.4 Å². The van der Waals surface area contributed by atoms with Gasteiger partial charge in [0, 0.05) is 21.3 Å². The van der Waals surface area contributed by atoms with Crippen LogP contribution in [-0.2, 0) is 23.4 Å². The van der Waals surface area contributed by atoms with Crippen molar-refractivity contribution in [3.05, 3.63) is 0 Å². The number of hydrogen-bond acceptors (Lipinski definition) is 5. The van der Waals surface area contributed by atoms with Crippen LogP contribution in [0.1, 0.15) is 27.7 Å². The molecule has 5 nitrogen and oxygen atoms in total. The Kier molecular flexibility index (Phi) is 6.41. The minimum absolute atomic E-state index is 0.110. The predicted molar refractivity (Wildman–Crippen MR) is 85.0 cm³/mol. The van der Waals surface area contributed by atoms with Crippen molar-refractivity contribution in [2.75, 3.05) is 21.3 Å². The van der Waals surface area contributed by atoms with Crippen LogP contribution >= 0.6 is 0 Å². The SMILES string of the molecule is CO[C@@H]1[C@@H](OC)[C@H](C)O[C@@H](O[Si](C)(C)C(C)(C)C)[C@@H]1OC. The first-order chi connectivity index (χ1) is 9.59. The molecule has 6 heteroatoms. The van der Waals surface area contributed by atoms with Gasteiger partial charge in [0.25, 0.3) is 0 Å². The molecular formula is C15H32O5Si. The summed E-state index contributed by atoms with van der Waals surface area (Å²) in [7, 11) is 3.04. The second kappa shape index (κ2) is 7.06. The van der Waals surface area contributed by atoms with Gasteiger partial charge in [0.05, 0.1) is 6.10 Å². The van der Waals surface area contributed by atoms with Crippen molar-refractivity contribution >= 4 is 8.32 Å². The third-order valence-corrected chi connectivity index (χ3v) is 9.19. The number of methoxy groups -OCH3 is 3. The molecule has 21 heavy (non-hydrogen) atoms. The monoisotopic (exact) mass is 320 g/mol. The Hall–Kier alpha value is 0.0169. The molecule has 0 bridgehead atoms. The molecule has 1 aliphatic heterocycles. The van der Waals surface area contributed by atoms with Crippen molar-refractivity contribution in [1.82, 2.24) is 0 Å². The molecule has 1 fully saturated rings. The lowest BCUT2D eigenvalue weighted by Crippen LogP contribution is -2.61. The maximum absolute atomic E-state index is 6.40. The largest absolute Gasteiger partial charge is 0.390 e. The predicted octanol–water partition coefficient (Wildman–Crippen LogP) is 2.80. The fourth-order valence-electron chi connectivity index (χ4n) is 2.38. The smallest absolute Gasteiger partial charge is 0.195 e. The molecule has 0 amide bonds. The number of ether oxygens (including phenoxy) is 4. The lowest BCUT2D eigenvalue weighted by molar-refractivity contribution is -0.286. The van der Waals surface area contributed by atoms with Crippen molar-refractivity contribution in [1.29, 1.82) is 0 Å². The van der Waals surface area contributed by atoms with E-state index >= 15 is 0 Å². The van der Waals surface area contributed by atoms with Crippen molar-refractivity contribution in [3.63, 3.8) is 0 Å². The van der Waals surface area contributed by atoms with Crippen LogP contribution in [0.15, 0.2) is 0 Å². The van der Waals surface area contributed by atoms with Crippen LogP contribution < -0.4 is 0 Å². The minimum Gasteiger partial charge on any atom is -0.390 e. The lowest BCUT2D eigenvalue weighted by atomic mass is 9.99. The summed E-state index contributed by atoms with van der Waals surface area (Å²) in [4.78, 5) is 0. The van der Waals surface area contributed by atoms with Crippen LogP contribution in [0.4, 0.5) is 0 Å². The molecule has 5 atom stereocenters. The van der Waals surface area contributed by atoms with Crippen molar-refractivity contribution in [3.8, 4) is 0 Å². The highest BCUT2D eigenvalue weighted by atomic mass is 28.4. The maximum Gasteiger partial charge on any atom is 0.195 e. The van der Waals surface area contributed by atoms with E-state index in [0.717, 1.165) is 0 Å². The molecule has 0 aliphatic carbocycles. The minimum atomic E-state index is -1.96. The Morgan fingerprint density at radius 1 is 0.857 bits per heavy atom. The molecular weight excluding hydrogens is 288 g/mol. The summed E-state index contributed by atoms with van der Waals surface area (Å²) in [6, 6.07) is 0. The third-order valence-electron chi connectivity index (χ3n) is 4.76. The van der Waals surface area contributed by atoms with Crippen LogP contribution in [0.2, 0.25) is 18.1 Å². The van der Waals surface area contributed by atoms with E-state index in [1.54, 1.807) is 21.3 Å². The van der Waals surface area contributed by atoms with E-state index in [2.05, 4.69) is 33.9 Å². The van der Waals surface area contributed by atoms with E-state index in [0.29, 0.717) is 0 Å². The van der Waals surface area contributed by atoms with Gasteiger partial charge in [0.15, 0.2) is 14.6 Å². The topological polar surface area (TPSA) is 46.2 Å². The molecule has 1 aliphatic rings. The molecule has 0 aromatic rings. The van der Waals surface area contributed by atoms with E-state index in [1.807, 2.05) is 6.92 Å². The molecule has 0 unspecified atom stereocenters. The first-order valence-corrected chi connectivity index (χ1v) is 10.4. The fraction of sp³-hybridized carbons (Fsp3) is 1.00. The van der Waals surface area contributed by atoms with Crippen LogP contribution in [0, 0.1) is 0 Å². The van der Waals surface area contributed by atoms with Crippen LogP contribution in [0.25, 0.3) is 0 Å². The average molecular weight is 321 g/mol. The highest BCUT2D eigenvalue weighted by Gasteiger charge is 2.49. The highest BCUT2D eigenvalue weighted by molar-refractivity contribution is 6.74. The lowest BCUT2D eigenvalue weighted by Gasteiger charge is -2.47. The zero-order valence-corrected chi connectivity index (χ0v) is 15.9. The molecule has 1 rings (SSSR count). The number of hydrogen-bond donors (Lipinski definition) is 0. The highest BCUT2D eigenvalue weighted by Crippen LogP contribution is 2.39. The molecule has 0 aromatic carbocycles. The van der Waals surface area contributed by atoms with E-state index < -0.39 is 14.6 Å². The normalized spacial score (nSPS) is 35.0. The van der Waals surface area contributed by atoms with Gasteiger partial charge >= 0.3 is 0 Å². The van der Waals surface area contributed by atoms with Gasteiger partial charge in [0.2, 0.25) is 0 Å². The first kappa shape index (κ1) is 19.1. The zero-order valence-electron chi connectivity index (χ0n) is 14.9. The van der Waals surface area contributed by atoms with E-state index in [1.165, 1.54) is 0 Å². The van der Waals surface area contributed by atoms with Gasteiger partial charge in [-0.15, -0.1) is 0 Å². The van der Waals surface area contributed by atoms with Gasteiger partial charge in [-0.05, 0) is 25.1 Å². The van der Waals surface area contributed by atoms with Crippen LogP contribution in [0.3, 0.4) is 0 Å². The Morgan fingerprint density at radius 2 is 1.33 bits per heavy atom. The third kappa shape index (κ3) is 4.06. The van der Waals surface area contributed by atoms with E-state index in [4.69, 9.17) is 23.4 Å². The van der Waals surface area contributed by atoms with Crippen molar-refractivity contribution in [2.45, 2.75) is 76.5 Å². The second-order valence-electron chi connectivity index (χ2n) is 7.19. The zero-order chi connectivity index (χ0) is 16.4. The van der Waals surface area contributed by atoms with Crippen molar-refractivity contribution < 1.29 is 23.4 Å². The first-order valence-electron chi connectivity index (χ1n) is 7.50. The second-order valence-corrected chi connectivity index (χ2v) is 11.9. The standard InChI is InChI=1S/C15H32O5Si/c1-10-11(16-5)12(17-6)13(18-7)14(19-10)20-21(8,9)15(2,3)4/h10-14H,1-9H3/t10-,11-,12+,13+,14-/m0/s1.